The molecule has 2 N–H and O–H groups in total. The molecule has 1 aliphatic carbocycles. The number of aromatic nitrogens is 2. The van der Waals surface area contributed by atoms with E-state index < -0.39 is 5.97 Å². The lowest BCUT2D eigenvalue weighted by molar-refractivity contribution is -0.139. The molecule has 1 saturated carbocycles. The lowest BCUT2D eigenvalue weighted by atomic mass is 9.95. The first-order valence-electron chi connectivity index (χ1n) is 14.5. The van der Waals surface area contributed by atoms with E-state index in [2.05, 4.69) is 14.8 Å². The molecular formula is C32H36N4O5. The van der Waals surface area contributed by atoms with Crippen molar-refractivity contribution in [3.63, 3.8) is 0 Å². The number of carboxylic acids is 1. The van der Waals surface area contributed by atoms with Gasteiger partial charge in [-0.3, -0.25) is 9.69 Å². The maximum Gasteiger partial charge on any atom is 0.341 e. The van der Waals surface area contributed by atoms with E-state index in [-0.39, 0.29) is 12.5 Å². The Kier molecular flexibility index (Phi) is 8.04. The number of carboxylic acid groups (broad SMARTS) is 1. The third-order valence-electron chi connectivity index (χ3n) is 8.31. The zero-order chi connectivity index (χ0) is 28.2. The van der Waals surface area contributed by atoms with Gasteiger partial charge < -0.3 is 24.1 Å². The monoisotopic (exact) mass is 556 g/mol. The molecule has 6 rings (SSSR count). The number of hydrogen-bond acceptors (Lipinski definition) is 6. The zero-order valence-corrected chi connectivity index (χ0v) is 23.1. The average Bonchev–Trinajstić information content (AvgIpc) is 3.75. The van der Waals surface area contributed by atoms with E-state index in [0.717, 1.165) is 60.3 Å². The number of carbonyl (C=O) groups excluding carboxylic acids is 1. The van der Waals surface area contributed by atoms with Crippen LogP contribution in [-0.2, 0) is 11.3 Å². The summed E-state index contributed by atoms with van der Waals surface area (Å²) < 4.78 is 13.2. The number of fused-ring (bicyclic) bond motifs is 1. The number of para-hydroxylation sites is 1. The fraction of sp³-hybridized carbons (Fsp3) is 0.406. The molecule has 4 aromatic rings. The summed E-state index contributed by atoms with van der Waals surface area (Å²) in [7, 11) is 0. The third-order valence-corrected chi connectivity index (χ3v) is 8.31. The highest BCUT2D eigenvalue weighted by Gasteiger charge is 2.25. The van der Waals surface area contributed by atoms with Crippen LogP contribution in [-0.4, -0.2) is 57.7 Å². The number of ether oxygens (including phenoxy) is 1. The maximum absolute atomic E-state index is 13.2. The van der Waals surface area contributed by atoms with Gasteiger partial charge in [-0.25, -0.2) is 9.78 Å². The second-order valence-corrected chi connectivity index (χ2v) is 11.2. The number of likely N-dealkylation sites (tertiary alicyclic amines) is 1. The molecule has 9 heteroatoms. The molecule has 41 heavy (non-hydrogen) atoms. The SMILES string of the molecule is O=C(O)COc1ccccc1CN1CCC(CNC(=O)c2ccc3c(c2)nc(-c2ccoc2)n3C2CCCCC2)C1. The van der Waals surface area contributed by atoms with Gasteiger partial charge in [0.05, 0.1) is 22.9 Å². The van der Waals surface area contributed by atoms with E-state index in [0.29, 0.717) is 36.4 Å². The Morgan fingerprint density at radius 2 is 1.93 bits per heavy atom. The van der Waals surface area contributed by atoms with Crippen LogP contribution in [0.15, 0.2) is 65.5 Å². The summed E-state index contributed by atoms with van der Waals surface area (Å²) in [4.78, 5) is 31.4. The van der Waals surface area contributed by atoms with Gasteiger partial charge in [0.25, 0.3) is 5.91 Å². The number of imidazole rings is 1. The van der Waals surface area contributed by atoms with E-state index in [1.807, 2.05) is 42.5 Å². The van der Waals surface area contributed by atoms with Gasteiger partial charge in [-0.05, 0) is 62.1 Å². The maximum atomic E-state index is 13.2. The molecule has 3 heterocycles. The molecule has 2 aromatic carbocycles. The standard InChI is InChI=1S/C32H36N4O5/c37-30(38)21-41-29-9-5-4-6-24(29)19-35-14-12-22(18-35)17-33-32(39)23-10-11-28-27(16-23)34-31(25-13-15-40-20-25)36(28)26-7-2-1-3-8-26/h4-6,9-11,13,15-16,20,22,26H,1-3,7-8,12,14,17-19,21H2,(H,33,39)(H,37,38). The highest BCUT2D eigenvalue weighted by molar-refractivity contribution is 5.98. The normalized spacial score (nSPS) is 18.1. The summed E-state index contributed by atoms with van der Waals surface area (Å²) in [6.45, 7) is 2.69. The van der Waals surface area contributed by atoms with E-state index in [9.17, 15) is 9.59 Å². The van der Waals surface area contributed by atoms with E-state index in [1.54, 1.807) is 18.6 Å². The molecule has 0 bridgehead atoms. The van der Waals surface area contributed by atoms with Crippen LogP contribution in [0.4, 0.5) is 0 Å². The van der Waals surface area contributed by atoms with Gasteiger partial charge in [-0.1, -0.05) is 37.5 Å². The second kappa shape index (κ2) is 12.2. The van der Waals surface area contributed by atoms with Crippen molar-refractivity contribution in [2.45, 2.75) is 51.1 Å². The highest BCUT2D eigenvalue weighted by Crippen LogP contribution is 2.36. The smallest absolute Gasteiger partial charge is 0.341 e. The van der Waals surface area contributed by atoms with Crippen LogP contribution in [0.1, 0.15) is 60.5 Å². The summed E-state index contributed by atoms with van der Waals surface area (Å²) in [5, 5.41) is 12.1. The number of aliphatic carboxylic acids is 1. The van der Waals surface area contributed by atoms with Crippen molar-refractivity contribution in [2.75, 3.05) is 26.2 Å². The quantitative estimate of drug-likeness (QED) is 0.265. The van der Waals surface area contributed by atoms with Crippen LogP contribution in [0, 0.1) is 5.92 Å². The largest absolute Gasteiger partial charge is 0.482 e. The Bertz CT molecular complexity index is 1510. The van der Waals surface area contributed by atoms with Gasteiger partial charge in [0, 0.05) is 36.8 Å². The summed E-state index contributed by atoms with van der Waals surface area (Å²) in [5.41, 5.74) is 4.43. The number of hydrogen-bond donors (Lipinski definition) is 2. The molecule has 214 valence electrons. The van der Waals surface area contributed by atoms with Gasteiger partial charge in [-0.15, -0.1) is 0 Å². The summed E-state index contributed by atoms with van der Waals surface area (Å²) in [5.74, 6) is 0.762. The Morgan fingerprint density at radius 3 is 2.73 bits per heavy atom. The molecule has 1 atom stereocenters. The van der Waals surface area contributed by atoms with Crippen LogP contribution in [0.3, 0.4) is 0 Å². The Balaban J connectivity index is 1.10. The third kappa shape index (κ3) is 6.15. The van der Waals surface area contributed by atoms with Crippen LogP contribution < -0.4 is 10.1 Å². The predicted molar refractivity (Wildman–Crippen MR) is 155 cm³/mol. The zero-order valence-electron chi connectivity index (χ0n) is 23.1. The predicted octanol–water partition coefficient (Wildman–Crippen LogP) is 5.52. The second-order valence-electron chi connectivity index (χ2n) is 11.2. The highest BCUT2D eigenvalue weighted by atomic mass is 16.5. The first-order chi connectivity index (χ1) is 20.0. The number of furan rings is 1. The van der Waals surface area contributed by atoms with Crippen molar-refractivity contribution >= 4 is 22.9 Å². The molecular weight excluding hydrogens is 520 g/mol. The van der Waals surface area contributed by atoms with Crippen LogP contribution in [0.2, 0.25) is 0 Å². The van der Waals surface area contributed by atoms with Crippen molar-refractivity contribution in [3.05, 3.63) is 72.2 Å². The first kappa shape index (κ1) is 27.1. The van der Waals surface area contributed by atoms with Crippen LogP contribution >= 0.6 is 0 Å². The lowest BCUT2D eigenvalue weighted by Gasteiger charge is -2.25. The van der Waals surface area contributed by atoms with Crippen LogP contribution in [0.25, 0.3) is 22.4 Å². The van der Waals surface area contributed by atoms with Gasteiger partial charge in [0.2, 0.25) is 0 Å². The minimum atomic E-state index is -0.994. The van der Waals surface area contributed by atoms with E-state index in [1.165, 1.54) is 19.3 Å². The van der Waals surface area contributed by atoms with E-state index in [4.69, 9.17) is 19.2 Å². The summed E-state index contributed by atoms with van der Waals surface area (Å²) >= 11 is 0. The van der Waals surface area contributed by atoms with Gasteiger partial charge in [0.1, 0.15) is 17.8 Å². The molecule has 0 spiro atoms. The van der Waals surface area contributed by atoms with Gasteiger partial charge in [-0.2, -0.15) is 0 Å². The number of rotatable bonds is 10. The van der Waals surface area contributed by atoms with E-state index >= 15 is 0 Å². The molecule has 1 aliphatic heterocycles. The Labute approximate surface area is 239 Å². The van der Waals surface area contributed by atoms with Crippen molar-refractivity contribution < 1.29 is 23.8 Å². The van der Waals surface area contributed by atoms with Crippen molar-refractivity contribution in [1.82, 2.24) is 19.8 Å². The number of nitrogens with one attached hydrogen (secondary N) is 1. The van der Waals surface area contributed by atoms with Crippen molar-refractivity contribution in [1.29, 1.82) is 0 Å². The minimum Gasteiger partial charge on any atom is -0.482 e. The topological polar surface area (TPSA) is 110 Å². The van der Waals surface area contributed by atoms with Crippen molar-refractivity contribution in [3.8, 4) is 17.1 Å². The molecule has 0 radical (unpaired) electrons. The molecule has 1 saturated heterocycles. The molecule has 2 fully saturated rings. The van der Waals surface area contributed by atoms with Gasteiger partial charge in [0.15, 0.2) is 6.61 Å². The average molecular weight is 557 g/mol. The fourth-order valence-electron chi connectivity index (χ4n) is 6.26. The molecule has 2 aliphatic rings. The number of carbonyl (C=O) groups is 2. The minimum absolute atomic E-state index is 0.0881. The van der Waals surface area contributed by atoms with Crippen LogP contribution in [0.5, 0.6) is 5.75 Å². The number of benzene rings is 2. The Morgan fingerprint density at radius 1 is 1.07 bits per heavy atom. The molecule has 1 amide bonds. The van der Waals surface area contributed by atoms with Gasteiger partial charge >= 0.3 is 5.97 Å². The molecule has 2 aromatic heterocycles. The Hall–Kier alpha value is -4.11. The first-order valence-corrected chi connectivity index (χ1v) is 14.5. The summed E-state index contributed by atoms with van der Waals surface area (Å²) in [6.07, 6.45) is 10.4. The molecule has 9 nitrogen and oxygen atoms in total. The number of amides is 1. The van der Waals surface area contributed by atoms with Crippen molar-refractivity contribution in [2.24, 2.45) is 5.92 Å². The number of nitrogens with zero attached hydrogens (tertiary/aromatic N) is 3. The fourth-order valence-corrected chi connectivity index (χ4v) is 6.26. The molecule has 1 unspecified atom stereocenters. The lowest BCUT2D eigenvalue weighted by Crippen LogP contribution is -2.31. The summed E-state index contributed by atoms with van der Waals surface area (Å²) in [6, 6.07) is 15.8.